The molecule has 20 heavy (non-hydrogen) atoms. The minimum Gasteiger partial charge on any atom is -0.388 e. The summed E-state index contributed by atoms with van der Waals surface area (Å²) < 4.78 is 26.1. The summed E-state index contributed by atoms with van der Waals surface area (Å²) in [5, 5.41) is 2.96. The zero-order chi connectivity index (χ0) is 14.6. The third-order valence-corrected chi connectivity index (χ3v) is 4.78. The van der Waals surface area contributed by atoms with E-state index in [2.05, 4.69) is 10.3 Å². The molecular formula is C14H17N3O2S. The van der Waals surface area contributed by atoms with Gasteiger partial charge in [-0.25, -0.2) is 8.42 Å². The molecule has 0 atom stereocenters. The summed E-state index contributed by atoms with van der Waals surface area (Å²) in [6.07, 6.45) is 1.65. The molecular weight excluding hydrogens is 274 g/mol. The fraction of sp³-hybridized carbons (Fsp3) is 0.214. The van der Waals surface area contributed by atoms with E-state index in [9.17, 15) is 8.42 Å². The van der Waals surface area contributed by atoms with Crippen LogP contribution in [-0.4, -0.2) is 31.8 Å². The predicted molar refractivity (Wildman–Crippen MR) is 78.9 cm³/mol. The Hall–Kier alpha value is -1.92. The molecule has 2 aromatic rings. The molecule has 0 aliphatic rings. The highest BCUT2D eigenvalue weighted by Gasteiger charge is 2.20. The van der Waals surface area contributed by atoms with Crippen LogP contribution in [0, 0.1) is 0 Å². The van der Waals surface area contributed by atoms with Gasteiger partial charge in [0, 0.05) is 26.0 Å². The number of rotatable bonds is 5. The van der Waals surface area contributed by atoms with E-state index < -0.39 is 10.0 Å². The number of hydrogen-bond acceptors (Lipinski definition) is 4. The maximum atomic E-state index is 12.4. The molecule has 1 N–H and O–H groups in total. The first-order valence-corrected chi connectivity index (χ1v) is 7.62. The molecule has 1 aromatic carbocycles. The summed E-state index contributed by atoms with van der Waals surface area (Å²) in [6.45, 7) is 0.247. The molecule has 6 heteroatoms. The van der Waals surface area contributed by atoms with Crippen LogP contribution in [0.15, 0.2) is 53.6 Å². The van der Waals surface area contributed by atoms with Crippen LogP contribution >= 0.6 is 0 Å². The van der Waals surface area contributed by atoms with Crippen LogP contribution in [0.3, 0.4) is 0 Å². The second kappa shape index (κ2) is 6.02. The van der Waals surface area contributed by atoms with Crippen LogP contribution in [0.4, 0.5) is 5.69 Å². The molecule has 1 aromatic heterocycles. The zero-order valence-electron chi connectivity index (χ0n) is 11.4. The van der Waals surface area contributed by atoms with Gasteiger partial charge in [0.05, 0.1) is 17.1 Å². The molecule has 0 aliphatic carbocycles. The number of hydrogen-bond donors (Lipinski definition) is 1. The molecule has 0 bridgehead atoms. The molecule has 0 aliphatic heterocycles. The topological polar surface area (TPSA) is 62.3 Å². The zero-order valence-corrected chi connectivity index (χ0v) is 12.3. The first kappa shape index (κ1) is 14.5. The van der Waals surface area contributed by atoms with Crippen molar-refractivity contribution in [1.29, 1.82) is 0 Å². The molecule has 0 saturated heterocycles. The van der Waals surface area contributed by atoms with Crippen molar-refractivity contribution in [2.45, 2.75) is 11.4 Å². The van der Waals surface area contributed by atoms with Gasteiger partial charge in [0.1, 0.15) is 0 Å². The fourth-order valence-corrected chi connectivity index (χ4v) is 2.92. The molecule has 2 rings (SSSR count). The quantitative estimate of drug-likeness (QED) is 0.914. The van der Waals surface area contributed by atoms with Crippen molar-refractivity contribution in [2.24, 2.45) is 0 Å². The Balaban J connectivity index is 2.20. The van der Waals surface area contributed by atoms with Crippen LogP contribution in [0.1, 0.15) is 5.69 Å². The van der Waals surface area contributed by atoms with Crippen LogP contribution in [0.25, 0.3) is 0 Å². The predicted octanol–water partition coefficient (Wildman–Crippen LogP) is 1.94. The highest BCUT2D eigenvalue weighted by molar-refractivity contribution is 7.89. The summed E-state index contributed by atoms with van der Waals surface area (Å²) in [5.74, 6) is 0. The van der Waals surface area contributed by atoms with Gasteiger partial charge in [-0.2, -0.15) is 4.31 Å². The Labute approximate surface area is 119 Å². The third-order valence-electron chi connectivity index (χ3n) is 2.96. The smallest absolute Gasteiger partial charge is 0.243 e. The maximum absolute atomic E-state index is 12.4. The van der Waals surface area contributed by atoms with Crippen molar-refractivity contribution in [3.63, 3.8) is 0 Å². The third kappa shape index (κ3) is 3.15. The summed E-state index contributed by atoms with van der Waals surface area (Å²) in [6, 6.07) is 12.1. The first-order valence-electron chi connectivity index (χ1n) is 6.18. The molecule has 0 radical (unpaired) electrons. The Morgan fingerprint density at radius 1 is 1.15 bits per heavy atom. The SMILES string of the molecule is CNc1ccc(S(=O)(=O)N(C)Cc2ccccn2)cc1. The second-order valence-corrected chi connectivity index (χ2v) is 6.40. The number of pyridine rings is 1. The number of sulfonamides is 1. The highest BCUT2D eigenvalue weighted by atomic mass is 32.2. The molecule has 0 unspecified atom stereocenters. The minimum atomic E-state index is -3.50. The summed E-state index contributed by atoms with van der Waals surface area (Å²) in [4.78, 5) is 4.41. The fourth-order valence-electron chi connectivity index (χ4n) is 1.78. The number of benzene rings is 1. The Bertz CT molecular complexity index is 655. The lowest BCUT2D eigenvalue weighted by molar-refractivity contribution is 0.462. The van der Waals surface area contributed by atoms with Gasteiger partial charge in [-0.1, -0.05) is 6.07 Å². The van der Waals surface area contributed by atoms with E-state index in [1.54, 1.807) is 56.7 Å². The molecule has 0 saturated carbocycles. The molecule has 0 spiro atoms. The summed E-state index contributed by atoms with van der Waals surface area (Å²) in [5.41, 5.74) is 1.58. The lowest BCUT2D eigenvalue weighted by Crippen LogP contribution is -2.26. The standard InChI is InChI=1S/C14H17N3O2S/c1-15-12-6-8-14(9-7-12)20(18,19)17(2)11-13-5-3-4-10-16-13/h3-10,15H,11H2,1-2H3. The Kier molecular flexibility index (Phi) is 4.36. The number of nitrogens with zero attached hydrogens (tertiary/aromatic N) is 2. The van der Waals surface area contributed by atoms with Gasteiger partial charge in [-0.3, -0.25) is 4.98 Å². The maximum Gasteiger partial charge on any atom is 0.243 e. The largest absolute Gasteiger partial charge is 0.388 e. The van der Waals surface area contributed by atoms with E-state index in [4.69, 9.17) is 0 Å². The lowest BCUT2D eigenvalue weighted by atomic mass is 10.3. The lowest BCUT2D eigenvalue weighted by Gasteiger charge is -2.17. The van der Waals surface area contributed by atoms with E-state index >= 15 is 0 Å². The van der Waals surface area contributed by atoms with Gasteiger partial charge in [0.25, 0.3) is 0 Å². The molecule has 1 heterocycles. The molecule has 0 amide bonds. The minimum absolute atomic E-state index is 0.247. The van der Waals surface area contributed by atoms with E-state index in [0.717, 1.165) is 5.69 Å². The van der Waals surface area contributed by atoms with Crippen LogP contribution in [0.5, 0.6) is 0 Å². The number of anilines is 1. The summed E-state index contributed by atoms with van der Waals surface area (Å²) >= 11 is 0. The van der Waals surface area contributed by atoms with Gasteiger partial charge in [-0.05, 0) is 36.4 Å². The van der Waals surface area contributed by atoms with Crippen molar-refractivity contribution in [2.75, 3.05) is 19.4 Å². The van der Waals surface area contributed by atoms with Crippen molar-refractivity contribution in [3.05, 3.63) is 54.4 Å². The summed E-state index contributed by atoms with van der Waals surface area (Å²) in [7, 11) is -0.157. The van der Waals surface area contributed by atoms with Gasteiger partial charge < -0.3 is 5.32 Å². The van der Waals surface area contributed by atoms with Gasteiger partial charge >= 0.3 is 0 Å². The molecule has 5 nitrogen and oxygen atoms in total. The van der Waals surface area contributed by atoms with E-state index in [1.807, 2.05) is 6.07 Å². The van der Waals surface area contributed by atoms with Crippen molar-refractivity contribution in [1.82, 2.24) is 9.29 Å². The van der Waals surface area contributed by atoms with Crippen molar-refractivity contribution < 1.29 is 8.42 Å². The van der Waals surface area contributed by atoms with Gasteiger partial charge in [0.2, 0.25) is 10.0 Å². The van der Waals surface area contributed by atoms with Gasteiger partial charge in [-0.15, -0.1) is 0 Å². The average Bonchev–Trinajstić information content (AvgIpc) is 2.48. The average molecular weight is 291 g/mol. The Morgan fingerprint density at radius 3 is 2.40 bits per heavy atom. The molecule has 106 valence electrons. The van der Waals surface area contributed by atoms with Crippen LogP contribution < -0.4 is 5.32 Å². The van der Waals surface area contributed by atoms with Crippen molar-refractivity contribution >= 4 is 15.7 Å². The van der Waals surface area contributed by atoms with Gasteiger partial charge in [0.15, 0.2) is 0 Å². The van der Waals surface area contributed by atoms with Crippen LogP contribution in [-0.2, 0) is 16.6 Å². The van der Waals surface area contributed by atoms with Crippen LogP contribution in [0.2, 0.25) is 0 Å². The van der Waals surface area contributed by atoms with E-state index in [0.29, 0.717) is 5.69 Å². The number of aromatic nitrogens is 1. The monoisotopic (exact) mass is 291 g/mol. The molecule has 0 fully saturated rings. The second-order valence-electron chi connectivity index (χ2n) is 4.36. The highest BCUT2D eigenvalue weighted by Crippen LogP contribution is 2.18. The Morgan fingerprint density at radius 2 is 1.85 bits per heavy atom. The van der Waals surface area contributed by atoms with E-state index in [1.165, 1.54) is 4.31 Å². The normalized spacial score (nSPS) is 11.6. The first-order chi connectivity index (χ1) is 9.54. The van der Waals surface area contributed by atoms with E-state index in [-0.39, 0.29) is 11.4 Å². The number of nitrogens with one attached hydrogen (secondary N) is 1. The van der Waals surface area contributed by atoms with Crippen molar-refractivity contribution in [3.8, 4) is 0 Å².